The SMILES string of the molecule is CC.CC(C)(O)c1ccccc1CCCc1cccc(/C=C/c2ccc3ccc(Cl)cc3n2)c1.COC(=O)CC1(CS)CC1. The zero-order valence-electron chi connectivity index (χ0n) is 26.6. The molecule has 4 nitrogen and oxygen atoms in total. The molecule has 0 unspecified atom stereocenters. The van der Waals surface area contributed by atoms with Crippen LogP contribution in [-0.2, 0) is 28.0 Å². The Morgan fingerprint density at radius 2 is 1.73 bits per heavy atom. The molecule has 1 aromatic heterocycles. The second kappa shape index (κ2) is 16.8. The number of hydrogen-bond acceptors (Lipinski definition) is 5. The maximum absolute atomic E-state index is 10.8. The second-order valence-corrected chi connectivity index (χ2v) is 12.4. The number of esters is 1. The highest BCUT2D eigenvalue weighted by Gasteiger charge is 2.43. The van der Waals surface area contributed by atoms with Crippen LogP contribution in [0.25, 0.3) is 23.1 Å². The van der Waals surface area contributed by atoms with E-state index in [0.29, 0.717) is 11.4 Å². The smallest absolute Gasteiger partial charge is 0.306 e. The molecule has 234 valence electrons. The fourth-order valence-electron chi connectivity index (χ4n) is 5.00. The summed E-state index contributed by atoms with van der Waals surface area (Å²) in [7, 11) is 1.43. The number of rotatable bonds is 10. The van der Waals surface area contributed by atoms with Gasteiger partial charge in [0.15, 0.2) is 0 Å². The van der Waals surface area contributed by atoms with Gasteiger partial charge in [-0.3, -0.25) is 4.79 Å². The molecule has 0 spiro atoms. The summed E-state index contributed by atoms with van der Waals surface area (Å²) >= 11 is 10.3. The van der Waals surface area contributed by atoms with Gasteiger partial charge in [-0.25, -0.2) is 4.98 Å². The normalized spacial score (nSPS) is 13.5. The zero-order chi connectivity index (χ0) is 32.2. The quantitative estimate of drug-likeness (QED) is 0.135. The summed E-state index contributed by atoms with van der Waals surface area (Å²) in [6.07, 6.45) is 9.93. The Morgan fingerprint density at radius 3 is 2.41 bits per heavy atom. The maximum Gasteiger partial charge on any atom is 0.306 e. The first-order valence-electron chi connectivity index (χ1n) is 15.4. The van der Waals surface area contributed by atoms with Gasteiger partial charge in [-0.05, 0) is 104 Å². The number of thiol groups is 1. The number of nitrogens with zero attached hydrogens (tertiary/aromatic N) is 1. The summed E-state index contributed by atoms with van der Waals surface area (Å²) in [5.41, 5.74) is 5.91. The predicted octanol–water partition coefficient (Wildman–Crippen LogP) is 9.75. The van der Waals surface area contributed by atoms with E-state index < -0.39 is 5.60 Å². The summed E-state index contributed by atoms with van der Waals surface area (Å²) in [6, 6.07) is 26.7. The molecule has 0 saturated heterocycles. The van der Waals surface area contributed by atoms with Gasteiger partial charge in [-0.2, -0.15) is 12.6 Å². The van der Waals surface area contributed by atoms with Crippen molar-refractivity contribution in [3.8, 4) is 0 Å². The summed E-state index contributed by atoms with van der Waals surface area (Å²) in [5.74, 6) is 0.703. The molecule has 6 heteroatoms. The van der Waals surface area contributed by atoms with Crippen LogP contribution < -0.4 is 0 Å². The average molecular weight is 632 g/mol. The van der Waals surface area contributed by atoms with E-state index >= 15 is 0 Å². The number of aromatic nitrogens is 1. The molecule has 3 aromatic carbocycles. The third kappa shape index (κ3) is 10.8. The number of ether oxygens (including phenoxy) is 1. The first kappa shape index (κ1) is 35.4. The van der Waals surface area contributed by atoms with Crippen LogP contribution in [-0.4, -0.2) is 28.9 Å². The van der Waals surface area contributed by atoms with Crippen molar-refractivity contribution in [2.75, 3.05) is 12.9 Å². The third-order valence-electron chi connectivity index (χ3n) is 7.70. The molecule has 1 saturated carbocycles. The molecular formula is C38H46ClNO3S. The monoisotopic (exact) mass is 631 g/mol. The molecule has 0 radical (unpaired) electrons. The van der Waals surface area contributed by atoms with E-state index in [0.717, 1.165) is 65.6 Å². The van der Waals surface area contributed by atoms with Crippen molar-refractivity contribution in [3.05, 3.63) is 112 Å². The van der Waals surface area contributed by atoms with Crippen LogP contribution in [0.15, 0.2) is 78.9 Å². The van der Waals surface area contributed by atoms with Gasteiger partial charge >= 0.3 is 5.97 Å². The molecule has 44 heavy (non-hydrogen) atoms. The minimum absolute atomic E-state index is 0.105. The summed E-state index contributed by atoms with van der Waals surface area (Å²) in [5, 5.41) is 12.2. The van der Waals surface area contributed by atoms with Crippen molar-refractivity contribution in [2.24, 2.45) is 5.41 Å². The molecule has 0 atom stereocenters. The van der Waals surface area contributed by atoms with Gasteiger partial charge in [0.2, 0.25) is 0 Å². The first-order valence-corrected chi connectivity index (χ1v) is 16.4. The highest BCUT2D eigenvalue weighted by molar-refractivity contribution is 7.80. The van der Waals surface area contributed by atoms with Gasteiger partial charge in [0.25, 0.3) is 0 Å². The Balaban J connectivity index is 0.000000372. The van der Waals surface area contributed by atoms with E-state index in [2.05, 4.69) is 59.8 Å². The van der Waals surface area contributed by atoms with Crippen molar-refractivity contribution < 1.29 is 14.6 Å². The molecule has 1 N–H and O–H groups in total. The fourth-order valence-corrected chi connectivity index (χ4v) is 5.59. The molecule has 1 aliphatic carbocycles. The van der Waals surface area contributed by atoms with Crippen molar-refractivity contribution in [2.45, 2.75) is 71.8 Å². The van der Waals surface area contributed by atoms with E-state index in [4.69, 9.17) is 16.6 Å². The lowest BCUT2D eigenvalue weighted by molar-refractivity contribution is -0.141. The van der Waals surface area contributed by atoms with Gasteiger partial charge in [-0.1, -0.05) is 92.2 Å². The predicted molar refractivity (Wildman–Crippen MR) is 189 cm³/mol. The van der Waals surface area contributed by atoms with Gasteiger partial charge in [0, 0.05) is 10.4 Å². The van der Waals surface area contributed by atoms with Crippen LogP contribution in [0.3, 0.4) is 0 Å². The Morgan fingerprint density at radius 1 is 1.00 bits per heavy atom. The number of aryl methyl sites for hydroxylation is 2. The van der Waals surface area contributed by atoms with E-state index in [1.165, 1.54) is 18.2 Å². The highest BCUT2D eigenvalue weighted by atomic mass is 35.5. The van der Waals surface area contributed by atoms with Crippen LogP contribution in [0.4, 0.5) is 0 Å². The van der Waals surface area contributed by atoms with Crippen LogP contribution >= 0.6 is 24.2 Å². The Bertz CT molecular complexity index is 1540. The number of halogens is 1. The maximum atomic E-state index is 10.8. The number of methoxy groups -OCH3 is 1. The zero-order valence-corrected chi connectivity index (χ0v) is 28.3. The Labute approximate surface area is 273 Å². The van der Waals surface area contributed by atoms with Gasteiger partial charge in [-0.15, -0.1) is 0 Å². The molecular weight excluding hydrogens is 586 g/mol. The molecule has 1 fully saturated rings. The molecule has 5 rings (SSSR count). The molecule has 0 amide bonds. The summed E-state index contributed by atoms with van der Waals surface area (Å²) in [4.78, 5) is 15.5. The van der Waals surface area contributed by atoms with Crippen molar-refractivity contribution >= 4 is 53.3 Å². The van der Waals surface area contributed by atoms with Crippen molar-refractivity contribution in [1.29, 1.82) is 0 Å². The lowest BCUT2D eigenvalue weighted by atomic mass is 9.90. The number of hydrogen-bond donors (Lipinski definition) is 2. The largest absolute Gasteiger partial charge is 0.469 e. The number of aliphatic hydroxyl groups is 1. The number of benzene rings is 3. The van der Waals surface area contributed by atoms with Crippen LogP contribution in [0.2, 0.25) is 5.02 Å². The fraction of sp³-hybridized carbons (Fsp3) is 0.368. The first-order chi connectivity index (χ1) is 21.1. The third-order valence-corrected chi connectivity index (χ3v) is 8.61. The lowest BCUT2D eigenvalue weighted by Gasteiger charge is -2.21. The molecule has 1 aliphatic rings. The van der Waals surface area contributed by atoms with Crippen LogP contribution in [0, 0.1) is 5.41 Å². The topological polar surface area (TPSA) is 59.4 Å². The Kier molecular flexibility index (Phi) is 13.5. The molecule has 1 heterocycles. The molecule has 0 aliphatic heterocycles. The van der Waals surface area contributed by atoms with Gasteiger partial charge < -0.3 is 9.84 Å². The van der Waals surface area contributed by atoms with E-state index in [1.54, 1.807) is 0 Å². The Hall–Kier alpha value is -3.12. The van der Waals surface area contributed by atoms with Gasteiger partial charge in [0.1, 0.15) is 0 Å². The number of carbonyl (C=O) groups is 1. The highest BCUT2D eigenvalue weighted by Crippen LogP contribution is 2.49. The summed E-state index contributed by atoms with van der Waals surface area (Å²) in [6.45, 7) is 7.70. The van der Waals surface area contributed by atoms with Crippen LogP contribution in [0.1, 0.15) is 81.3 Å². The second-order valence-electron chi connectivity index (χ2n) is 11.6. The average Bonchev–Trinajstić information content (AvgIpc) is 3.80. The lowest BCUT2D eigenvalue weighted by Crippen LogP contribution is -2.18. The van der Waals surface area contributed by atoms with E-state index in [1.807, 2.05) is 76.2 Å². The minimum Gasteiger partial charge on any atom is -0.469 e. The minimum atomic E-state index is -0.816. The van der Waals surface area contributed by atoms with Crippen molar-refractivity contribution in [1.82, 2.24) is 4.98 Å². The van der Waals surface area contributed by atoms with E-state index in [9.17, 15) is 9.90 Å². The van der Waals surface area contributed by atoms with E-state index in [-0.39, 0.29) is 11.4 Å². The number of pyridine rings is 1. The van der Waals surface area contributed by atoms with Crippen LogP contribution in [0.5, 0.6) is 0 Å². The summed E-state index contributed by atoms with van der Waals surface area (Å²) < 4.78 is 4.56. The molecule has 0 bridgehead atoms. The standard InChI is InChI=1S/C29H28ClNO.C7H12O2S.C2H6/c1-29(2,32)27-12-4-3-10-23(27)11-6-9-21-7-5-8-22(19-21)13-17-26-18-15-24-14-16-25(30)20-28(24)31-26;1-9-6(8)4-7(5-10)2-3-7;1-2/h3-5,7-8,10,12-20,32H,6,9,11H2,1-2H3;10H,2-5H2,1H3;1-2H3/b17-13+;;. The molecule has 4 aromatic rings. The van der Waals surface area contributed by atoms with Crippen molar-refractivity contribution in [3.63, 3.8) is 0 Å². The van der Waals surface area contributed by atoms with Gasteiger partial charge in [0.05, 0.1) is 30.3 Å². The number of carbonyl (C=O) groups excluding carboxylic acids is 1. The number of fused-ring (bicyclic) bond motifs is 1.